The van der Waals surface area contributed by atoms with Crippen molar-refractivity contribution in [3.63, 3.8) is 0 Å². The van der Waals surface area contributed by atoms with Crippen LogP contribution in [0.1, 0.15) is 8.42 Å². The number of hydrogen-bond acceptors (Lipinski definition) is 0. The molecule has 0 radical (unpaired) electrons. The molecule has 0 nitrogen and oxygen atoms in total. The molecule has 0 aromatic heterocycles. The Hall–Kier alpha value is 0.874. The van der Waals surface area contributed by atoms with Crippen molar-refractivity contribution >= 4 is 23.1 Å². The first-order valence-electron chi connectivity index (χ1n) is 2.41. The molecule has 1 rings (SSSR count). The molecule has 1 aromatic carbocycles. The van der Waals surface area contributed by atoms with Gasteiger partial charge < -0.3 is 15.3 Å². The van der Waals surface area contributed by atoms with Crippen LogP contribution in [0.3, 0.4) is 0 Å². The zero-order valence-corrected chi connectivity index (χ0v) is 8.64. The summed E-state index contributed by atoms with van der Waals surface area (Å²) in [5, 5.41) is 0. The second-order valence-corrected chi connectivity index (χ2v) is 1.65. The zero-order chi connectivity index (χ0) is 5.11. The minimum absolute atomic E-state index is 0. The van der Waals surface area contributed by atoms with Crippen LogP contribution in [0.4, 0.5) is 0 Å². The van der Waals surface area contributed by atoms with E-state index in [-0.39, 0.29) is 57.2 Å². The third-order valence-electron chi connectivity index (χ3n) is 0.940. The largest absolute Gasteiger partial charge is 2.00 e. The summed E-state index contributed by atoms with van der Waals surface area (Å²) < 4.78 is 0. The van der Waals surface area contributed by atoms with Crippen molar-refractivity contribution in [2.75, 3.05) is 0 Å². The molecule has 0 aliphatic carbocycles. The van der Waals surface area contributed by atoms with E-state index in [0.717, 1.165) is 0 Å². The Kier molecular flexibility index (Phi) is 16.9. The Morgan fingerprint density at radius 3 is 1.70 bits per heavy atom. The maximum Gasteiger partial charge on any atom is 2.00 e. The Labute approximate surface area is 99.5 Å². The van der Waals surface area contributed by atoms with Crippen molar-refractivity contribution < 1.29 is 34.1 Å². The summed E-state index contributed by atoms with van der Waals surface area (Å²) in [4.78, 5) is 0. The van der Waals surface area contributed by atoms with Gasteiger partial charge in [0.25, 0.3) is 0 Å². The summed E-state index contributed by atoms with van der Waals surface area (Å²) in [6, 6.07) is 10.3. The van der Waals surface area contributed by atoms with Crippen molar-refractivity contribution in [2.45, 2.75) is 6.92 Å². The van der Waals surface area contributed by atoms with Gasteiger partial charge in [0.1, 0.15) is 0 Å². The smallest absolute Gasteiger partial charge is 1.00 e. The first-order chi connectivity index (χ1) is 3.39. The molecule has 0 bridgehead atoms. The predicted molar refractivity (Wildman–Crippen MR) is 39.2 cm³/mol. The van der Waals surface area contributed by atoms with Crippen LogP contribution in [0.25, 0.3) is 0 Å². The fraction of sp³-hybridized carbons (Fsp3) is 0.143. The van der Waals surface area contributed by atoms with E-state index in [0.29, 0.717) is 0 Å². The van der Waals surface area contributed by atoms with E-state index in [1.807, 2.05) is 18.2 Å². The van der Waals surface area contributed by atoms with E-state index in [1.54, 1.807) is 0 Å². The molecular weight excluding hydrogens is 151 g/mol. The molecule has 10 heavy (non-hydrogen) atoms. The topological polar surface area (TPSA) is 0 Å². The van der Waals surface area contributed by atoms with E-state index >= 15 is 0 Å². The van der Waals surface area contributed by atoms with Gasteiger partial charge in [0.2, 0.25) is 0 Å². The molecule has 0 aliphatic heterocycles. The van der Waals surface area contributed by atoms with Gasteiger partial charge in [-0.25, -0.2) is 0 Å². The van der Waals surface area contributed by atoms with Gasteiger partial charge in [0.15, 0.2) is 0 Å². The van der Waals surface area contributed by atoms with Crippen molar-refractivity contribution in [3.8, 4) is 0 Å². The molecule has 0 saturated carbocycles. The van der Waals surface area contributed by atoms with Gasteiger partial charge in [0, 0.05) is 0 Å². The number of halogens is 1. The molecule has 3 heteroatoms. The van der Waals surface area contributed by atoms with Gasteiger partial charge in [-0.1, -0.05) is 35.9 Å². The SMILES string of the molecule is Cc1ccccc1.[Cl-].[H-].[H-].[Li+].[Mg+2]. The van der Waals surface area contributed by atoms with E-state index < -0.39 is 0 Å². The standard InChI is InChI=1S/C7H8.ClH.Li.Mg.2H/c1-7-5-3-2-4-6-7;;;;;/h2-6H,1H3;1H;;;;/q;;+1;+2;2*-1/p-1. The van der Waals surface area contributed by atoms with Crippen LogP contribution in [-0.2, 0) is 0 Å². The molecule has 0 fully saturated rings. The molecule has 0 aliphatic rings. The number of aryl methyl sites for hydroxylation is 1. The normalized spacial score (nSPS) is 6.10. The first-order valence-corrected chi connectivity index (χ1v) is 2.41. The quantitative estimate of drug-likeness (QED) is 0.339. The molecule has 0 spiro atoms. The van der Waals surface area contributed by atoms with Crippen LogP contribution in [0.15, 0.2) is 30.3 Å². The Morgan fingerprint density at radius 1 is 1.10 bits per heavy atom. The van der Waals surface area contributed by atoms with Gasteiger partial charge in [0.05, 0.1) is 0 Å². The van der Waals surface area contributed by atoms with Gasteiger partial charge in [-0.15, -0.1) is 0 Å². The monoisotopic (exact) mass is 160 g/mol. The van der Waals surface area contributed by atoms with Crippen molar-refractivity contribution in [2.24, 2.45) is 0 Å². The molecule has 48 valence electrons. The molecule has 1 aromatic rings. The van der Waals surface area contributed by atoms with Crippen LogP contribution >= 0.6 is 0 Å². The van der Waals surface area contributed by atoms with Crippen LogP contribution in [0.2, 0.25) is 0 Å². The average Bonchev–Trinajstić information content (AvgIpc) is 1.69. The summed E-state index contributed by atoms with van der Waals surface area (Å²) in [5.74, 6) is 0. The summed E-state index contributed by atoms with van der Waals surface area (Å²) in [6.07, 6.45) is 0. The van der Waals surface area contributed by atoms with E-state index in [2.05, 4.69) is 19.1 Å². The summed E-state index contributed by atoms with van der Waals surface area (Å²) in [5.41, 5.74) is 1.32. The summed E-state index contributed by atoms with van der Waals surface area (Å²) in [6.45, 7) is 2.08. The first kappa shape index (κ1) is 17.1. The van der Waals surface area contributed by atoms with E-state index in [1.165, 1.54) is 5.56 Å². The fourth-order valence-corrected chi connectivity index (χ4v) is 0.534. The predicted octanol–water partition coefficient (Wildman–Crippen LogP) is -4.15. The van der Waals surface area contributed by atoms with Gasteiger partial charge >= 0.3 is 41.9 Å². The van der Waals surface area contributed by atoms with Crippen molar-refractivity contribution in [1.29, 1.82) is 0 Å². The maximum atomic E-state index is 2.08. The van der Waals surface area contributed by atoms with Crippen LogP contribution in [0.5, 0.6) is 0 Å². The Bertz CT molecular complexity index is 151. The Morgan fingerprint density at radius 2 is 1.50 bits per heavy atom. The fourth-order valence-electron chi connectivity index (χ4n) is 0.534. The zero-order valence-electron chi connectivity index (χ0n) is 8.47. The maximum absolute atomic E-state index is 2.08. The minimum atomic E-state index is 0. The van der Waals surface area contributed by atoms with Crippen molar-refractivity contribution in [3.05, 3.63) is 35.9 Å². The second-order valence-electron chi connectivity index (χ2n) is 1.65. The van der Waals surface area contributed by atoms with Gasteiger partial charge in [-0.05, 0) is 6.92 Å². The number of rotatable bonds is 0. The molecule has 0 N–H and O–H groups in total. The minimum Gasteiger partial charge on any atom is -1.00 e. The molecule has 0 saturated heterocycles. The van der Waals surface area contributed by atoms with Gasteiger partial charge in [-0.2, -0.15) is 0 Å². The van der Waals surface area contributed by atoms with E-state index in [9.17, 15) is 0 Å². The van der Waals surface area contributed by atoms with Crippen LogP contribution in [0, 0.1) is 6.92 Å². The number of benzene rings is 1. The third-order valence-corrected chi connectivity index (χ3v) is 0.940. The molecule has 0 amide bonds. The molecule has 0 heterocycles. The molecular formula is C7H10ClLiMg. The van der Waals surface area contributed by atoms with Crippen molar-refractivity contribution in [1.82, 2.24) is 0 Å². The molecule has 0 atom stereocenters. The van der Waals surface area contributed by atoms with Crippen LogP contribution in [-0.4, -0.2) is 23.1 Å². The number of hydrogen-bond donors (Lipinski definition) is 0. The van der Waals surface area contributed by atoms with E-state index in [4.69, 9.17) is 0 Å². The van der Waals surface area contributed by atoms with Crippen LogP contribution < -0.4 is 31.3 Å². The third kappa shape index (κ3) is 6.99. The average molecular weight is 161 g/mol. The van der Waals surface area contributed by atoms with Gasteiger partial charge in [-0.3, -0.25) is 0 Å². The summed E-state index contributed by atoms with van der Waals surface area (Å²) in [7, 11) is 0. The summed E-state index contributed by atoms with van der Waals surface area (Å²) >= 11 is 0. The Balaban J connectivity index is -0.0000000327. The molecule has 0 unspecified atom stereocenters. The second kappa shape index (κ2) is 9.87.